The molecule has 1 heterocycles. The second-order valence-corrected chi connectivity index (χ2v) is 3.44. The molecule has 0 saturated heterocycles. The van der Waals surface area contributed by atoms with E-state index in [1.165, 1.54) is 17.9 Å². The van der Waals surface area contributed by atoms with E-state index < -0.39 is 17.5 Å². The maximum absolute atomic E-state index is 13.5. The summed E-state index contributed by atoms with van der Waals surface area (Å²) in [5.41, 5.74) is -0.101. The number of rotatable bonds is 2. The lowest BCUT2D eigenvalue weighted by Crippen LogP contribution is -1.95. The third-order valence-electron chi connectivity index (χ3n) is 2.29. The number of carbonyl (C=O) groups excluding carboxylic acids is 1. The van der Waals surface area contributed by atoms with Gasteiger partial charge in [0.15, 0.2) is 23.7 Å². The molecule has 0 N–H and O–H groups in total. The first-order valence-electron chi connectivity index (χ1n) is 4.67. The van der Waals surface area contributed by atoms with E-state index in [0.29, 0.717) is 6.29 Å². The zero-order valence-electron chi connectivity index (χ0n) is 8.75. The minimum Gasteiger partial charge on any atom is -0.296 e. The quantitative estimate of drug-likeness (QED) is 0.596. The Morgan fingerprint density at radius 1 is 1.18 bits per heavy atom. The van der Waals surface area contributed by atoms with Crippen molar-refractivity contribution in [2.75, 3.05) is 0 Å². The standard InChI is InChI=1S/C11H7F3N2O/c1-16-4-7(9(5-17)15-16)6-2-3-8(12)11(14)10(6)13/h2-5H,1H3. The van der Waals surface area contributed by atoms with Gasteiger partial charge in [0.2, 0.25) is 0 Å². The summed E-state index contributed by atoms with van der Waals surface area (Å²) in [4.78, 5) is 10.7. The van der Waals surface area contributed by atoms with Gasteiger partial charge in [-0.05, 0) is 12.1 Å². The molecule has 0 fully saturated rings. The van der Waals surface area contributed by atoms with Gasteiger partial charge in [0.1, 0.15) is 5.69 Å². The van der Waals surface area contributed by atoms with Crippen molar-refractivity contribution >= 4 is 6.29 Å². The fraction of sp³-hybridized carbons (Fsp3) is 0.0909. The van der Waals surface area contributed by atoms with Crippen molar-refractivity contribution in [3.8, 4) is 11.1 Å². The van der Waals surface area contributed by atoms with Gasteiger partial charge in [-0.25, -0.2) is 13.2 Å². The smallest absolute Gasteiger partial charge is 0.195 e. The second kappa shape index (κ2) is 4.04. The largest absolute Gasteiger partial charge is 0.296 e. The molecule has 0 spiro atoms. The normalized spacial score (nSPS) is 10.6. The number of benzene rings is 1. The third-order valence-corrected chi connectivity index (χ3v) is 2.29. The Balaban J connectivity index is 2.68. The molecule has 2 rings (SSSR count). The lowest BCUT2D eigenvalue weighted by atomic mass is 10.1. The zero-order valence-corrected chi connectivity index (χ0v) is 8.75. The van der Waals surface area contributed by atoms with Gasteiger partial charge in [0.25, 0.3) is 0 Å². The fourth-order valence-corrected chi connectivity index (χ4v) is 1.53. The average Bonchev–Trinajstić information content (AvgIpc) is 2.67. The van der Waals surface area contributed by atoms with E-state index in [1.54, 1.807) is 0 Å². The maximum Gasteiger partial charge on any atom is 0.195 e. The molecule has 0 atom stereocenters. The predicted octanol–water partition coefficient (Wildman–Crippen LogP) is 2.32. The first kappa shape index (κ1) is 11.4. The minimum atomic E-state index is -1.57. The van der Waals surface area contributed by atoms with Crippen LogP contribution in [0.2, 0.25) is 0 Å². The number of hydrogen-bond donors (Lipinski definition) is 0. The van der Waals surface area contributed by atoms with Crippen LogP contribution in [0.1, 0.15) is 10.5 Å². The highest BCUT2D eigenvalue weighted by atomic mass is 19.2. The topological polar surface area (TPSA) is 34.9 Å². The van der Waals surface area contributed by atoms with Crippen molar-refractivity contribution in [3.05, 3.63) is 41.5 Å². The van der Waals surface area contributed by atoms with Gasteiger partial charge >= 0.3 is 0 Å². The summed E-state index contributed by atoms with van der Waals surface area (Å²) in [7, 11) is 1.54. The summed E-state index contributed by atoms with van der Waals surface area (Å²) in [5.74, 6) is -4.17. The van der Waals surface area contributed by atoms with Crippen LogP contribution >= 0.6 is 0 Å². The maximum atomic E-state index is 13.5. The van der Waals surface area contributed by atoms with E-state index in [-0.39, 0.29) is 16.8 Å². The number of halogens is 3. The van der Waals surface area contributed by atoms with Gasteiger partial charge in [-0.1, -0.05) is 0 Å². The molecule has 88 valence electrons. The van der Waals surface area contributed by atoms with Gasteiger partial charge in [-0.15, -0.1) is 0 Å². The SMILES string of the molecule is Cn1cc(-c2ccc(F)c(F)c2F)c(C=O)n1. The Kier molecular flexibility index (Phi) is 2.71. The van der Waals surface area contributed by atoms with Crippen LogP contribution in [0.4, 0.5) is 13.2 Å². The number of aryl methyl sites for hydroxylation is 1. The molecular weight excluding hydrogens is 233 g/mol. The highest BCUT2D eigenvalue weighted by molar-refractivity contribution is 5.85. The van der Waals surface area contributed by atoms with Crippen LogP contribution in [0.3, 0.4) is 0 Å². The molecule has 1 aromatic carbocycles. The Hall–Kier alpha value is -2.11. The van der Waals surface area contributed by atoms with Gasteiger partial charge in [0, 0.05) is 24.4 Å². The van der Waals surface area contributed by atoms with Crippen molar-refractivity contribution in [3.63, 3.8) is 0 Å². The third kappa shape index (κ3) is 1.82. The Labute approximate surface area is 94.5 Å². The summed E-state index contributed by atoms with van der Waals surface area (Å²) in [6.45, 7) is 0. The summed E-state index contributed by atoms with van der Waals surface area (Å²) in [5, 5.41) is 3.76. The van der Waals surface area contributed by atoms with Crippen LogP contribution in [0.25, 0.3) is 11.1 Å². The Morgan fingerprint density at radius 2 is 1.88 bits per heavy atom. The van der Waals surface area contributed by atoms with E-state index in [0.717, 1.165) is 12.1 Å². The molecule has 0 aliphatic heterocycles. The van der Waals surface area contributed by atoms with E-state index in [4.69, 9.17) is 0 Å². The molecule has 0 aliphatic carbocycles. The highest BCUT2D eigenvalue weighted by Crippen LogP contribution is 2.27. The lowest BCUT2D eigenvalue weighted by molar-refractivity contribution is 0.111. The monoisotopic (exact) mass is 240 g/mol. The average molecular weight is 240 g/mol. The van der Waals surface area contributed by atoms with Crippen molar-refractivity contribution < 1.29 is 18.0 Å². The van der Waals surface area contributed by atoms with Crippen molar-refractivity contribution in [1.29, 1.82) is 0 Å². The molecule has 0 aliphatic rings. The molecule has 0 amide bonds. The molecule has 17 heavy (non-hydrogen) atoms. The molecule has 0 unspecified atom stereocenters. The second-order valence-electron chi connectivity index (χ2n) is 3.44. The summed E-state index contributed by atoms with van der Waals surface area (Å²) in [6.07, 6.45) is 1.79. The van der Waals surface area contributed by atoms with Crippen LogP contribution < -0.4 is 0 Å². The van der Waals surface area contributed by atoms with Crippen molar-refractivity contribution in [2.45, 2.75) is 0 Å². The lowest BCUT2D eigenvalue weighted by Gasteiger charge is -2.02. The van der Waals surface area contributed by atoms with Crippen LogP contribution in [0, 0.1) is 17.5 Å². The van der Waals surface area contributed by atoms with Crippen LogP contribution in [0.5, 0.6) is 0 Å². The van der Waals surface area contributed by atoms with Gasteiger partial charge in [0.05, 0.1) is 0 Å². The van der Waals surface area contributed by atoms with Gasteiger partial charge < -0.3 is 0 Å². The molecule has 3 nitrogen and oxygen atoms in total. The fourth-order valence-electron chi connectivity index (χ4n) is 1.53. The van der Waals surface area contributed by atoms with Crippen molar-refractivity contribution in [2.24, 2.45) is 7.05 Å². The Morgan fingerprint density at radius 3 is 2.53 bits per heavy atom. The first-order valence-corrected chi connectivity index (χ1v) is 4.67. The van der Waals surface area contributed by atoms with E-state index in [1.807, 2.05) is 0 Å². The minimum absolute atomic E-state index is 0.0302. The molecule has 6 heteroatoms. The summed E-state index contributed by atoms with van der Waals surface area (Å²) >= 11 is 0. The van der Waals surface area contributed by atoms with E-state index >= 15 is 0 Å². The molecular formula is C11H7F3N2O. The van der Waals surface area contributed by atoms with Crippen LogP contribution in [0.15, 0.2) is 18.3 Å². The number of carbonyl (C=O) groups is 1. The molecule has 0 bridgehead atoms. The van der Waals surface area contributed by atoms with Gasteiger partial charge in [-0.3, -0.25) is 9.48 Å². The van der Waals surface area contributed by atoms with Crippen molar-refractivity contribution in [1.82, 2.24) is 9.78 Å². The number of hydrogen-bond acceptors (Lipinski definition) is 2. The zero-order chi connectivity index (χ0) is 12.6. The van der Waals surface area contributed by atoms with Crippen LogP contribution in [-0.2, 0) is 7.05 Å². The number of aldehydes is 1. The highest BCUT2D eigenvalue weighted by Gasteiger charge is 2.18. The van der Waals surface area contributed by atoms with E-state index in [9.17, 15) is 18.0 Å². The summed E-state index contributed by atoms with van der Waals surface area (Å²) in [6, 6.07) is 1.87. The number of aromatic nitrogens is 2. The molecule has 0 radical (unpaired) electrons. The molecule has 0 saturated carbocycles. The predicted molar refractivity (Wildman–Crippen MR) is 53.9 cm³/mol. The van der Waals surface area contributed by atoms with E-state index in [2.05, 4.69) is 5.10 Å². The first-order chi connectivity index (χ1) is 8.04. The Bertz CT molecular complexity index is 593. The summed E-state index contributed by atoms with van der Waals surface area (Å²) < 4.78 is 40.6. The molecule has 2 aromatic rings. The molecule has 1 aromatic heterocycles. The van der Waals surface area contributed by atoms with Gasteiger partial charge in [-0.2, -0.15) is 5.10 Å². The van der Waals surface area contributed by atoms with Crippen LogP contribution in [-0.4, -0.2) is 16.1 Å². The number of nitrogens with zero attached hydrogens (tertiary/aromatic N) is 2.